The molecule has 0 fully saturated rings. The summed E-state index contributed by atoms with van der Waals surface area (Å²) in [5.74, 6) is 0. The quantitative estimate of drug-likeness (QED) is 0.559. The summed E-state index contributed by atoms with van der Waals surface area (Å²) in [6.07, 6.45) is 2.32. The van der Waals surface area contributed by atoms with E-state index in [1.165, 1.54) is 14.1 Å². The van der Waals surface area contributed by atoms with Gasteiger partial charge in [0.15, 0.2) is 0 Å². The Bertz CT molecular complexity index is 214. The molecule has 5 nitrogen and oxygen atoms in total. The maximum atomic E-state index is 11.1. The monoisotopic (exact) mass is 210 g/mol. The second-order valence-electron chi connectivity index (χ2n) is 2.97. The van der Waals surface area contributed by atoms with Crippen molar-refractivity contribution in [3.63, 3.8) is 0 Å². The van der Waals surface area contributed by atoms with E-state index < -0.39 is 10.2 Å². The van der Waals surface area contributed by atoms with Crippen LogP contribution in [0, 0.1) is 0 Å². The van der Waals surface area contributed by atoms with Gasteiger partial charge in [-0.25, -0.2) is 4.72 Å². The molecule has 0 aliphatic carbocycles. The highest BCUT2D eigenvalue weighted by Gasteiger charge is 2.10. The molecule has 0 amide bonds. The van der Waals surface area contributed by atoms with Crippen LogP contribution in [-0.4, -0.2) is 45.1 Å². The Morgan fingerprint density at radius 3 is 2.31 bits per heavy atom. The minimum atomic E-state index is -3.26. The van der Waals surface area contributed by atoms with Gasteiger partial charge in [0.1, 0.15) is 0 Å². The minimum absolute atomic E-state index is 0.167. The van der Waals surface area contributed by atoms with E-state index in [0.717, 1.165) is 23.6 Å². The average molecular weight is 210 g/mol. The van der Waals surface area contributed by atoms with Crippen LogP contribution in [0.3, 0.4) is 0 Å². The molecule has 0 aromatic heterocycles. The van der Waals surface area contributed by atoms with Crippen molar-refractivity contribution in [3.8, 4) is 0 Å². The van der Waals surface area contributed by atoms with Gasteiger partial charge in [0, 0.05) is 27.2 Å². The molecular formula is C7H18N2O3S. The van der Waals surface area contributed by atoms with Crippen molar-refractivity contribution in [2.24, 2.45) is 0 Å². The lowest BCUT2D eigenvalue weighted by Crippen LogP contribution is -2.36. The molecule has 0 saturated carbocycles. The second-order valence-corrected chi connectivity index (χ2v) is 4.94. The molecule has 0 bridgehead atoms. The SMILES string of the molecule is CN(C)S(=O)(=O)NCCCCCO. The lowest BCUT2D eigenvalue weighted by molar-refractivity contribution is 0.283. The third-order valence-corrected chi connectivity index (χ3v) is 3.13. The molecule has 80 valence electrons. The minimum Gasteiger partial charge on any atom is -0.396 e. The Balaban J connectivity index is 3.53. The van der Waals surface area contributed by atoms with Crippen LogP contribution in [-0.2, 0) is 10.2 Å². The average Bonchev–Trinajstić information content (AvgIpc) is 2.03. The molecule has 0 atom stereocenters. The topological polar surface area (TPSA) is 69.6 Å². The summed E-state index contributed by atoms with van der Waals surface area (Å²) in [4.78, 5) is 0. The van der Waals surface area contributed by atoms with Crippen molar-refractivity contribution >= 4 is 10.2 Å². The first-order chi connectivity index (χ1) is 6.00. The number of nitrogens with one attached hydrogen (secondary N) is 1. The van der Waals surface area contributed by atoms with E-state index in [2.05, 4.69) is 4.72 Å². The maximum Gasteiger partial charge on any atom is 0.278 e. The highest BCUT2D eigenvalue weighted by Crippen LogP contribution is 1.94. The summed E-state index contributed by atoms with van der Waals surface area (Å²) in [6.45, 7) is 0.598. The number of aliphatic hydroxyl groups excluding tert-OH is 1. The molecular weight excluding hydrogens is 192 g/mol. The van der Waals surface area contributed by atoms with Crippen LogP contribution >= 0.6 is 0 Å². The number of hydrogen-bond donors (Lipinski definition) is 2. The molecule has 0 aromatic rings. The summed E-state index contributed by atoms with van der Waals surface area (Å²) in [7, 11) is -0.300. The Kier molecular flexibility index (Phi) is 6.23. The summed E-state index contributed by atoms with van der Waals surface area (Å²) in [5, 5.41) is 8.47. The molecule has 0 unspecified atom stereocenters. The fourth-order valence-electron chi connectivity index (χ4n) is 0.744. The third kappa shape index (κ3) is 5.98. The zero-order valence-corrected chi connectivity index (χ0v) is 8.97. The highest BCUT2D eigenvalue weighted by molar-refractivity contribution is 7.87. The number of unbranched alkanes of at least 4 members (excludes halogenated alkanes) is 2. The van der Waals surface area contributed by atoms with E-state index >= 15 is 0 Å². The molecule has 0 aliphatic heterocycles. The van der Waals surface area contributed by atoms with Gasteiger partial charge in [-0.1, -0.05) is 0 Å². The van der Waals surface area contributed by atoms with Crippen LogP contribution < -0.4 is 4.72 Å². The zero-order valence-electron chi connectivity index (χ0n) is 8.15. The number of rotatable bonds is 7. The van der Waals surface area contributed by atoms with E-state index in [1.54, 1.807) is 0 Å². The molecule has 0 aliphatic rings. The van der Waals surface area contributed by atoms with Gasteiger partial charge in [0.05, 0.1) is 0 Å². The van der Waals surface area contributed by atoms with E-state index in [-0.39, 0.29) is 6.61 Å². The molecule has 0 rings (SSSR count). The van der Waals surface area contributed by atoms with Crippen LogP contribution in [0.1, 0.15) is 19.3 Å². The fraction of sp³-hybridized carbons (Fsp3) is 1.00. The Labute approximate surface area is 79.9 Å². The first kappa shape index (κ1) is 12.8. The standard InChI is InChI=1S/C7H18N2O3S/c1-9(2)13(11,12)8-6-4-3-5-7-10/h8,10H,3-7H2,1-2H3. The summed E-state index contributed by atoms with van der Waals surface area (Å²) >= 11 is 0. The van der Waals surface area contributed by atoms with Gasteiger partial charge in [-0.15, -0.1) is 0 Å². The van der Waals surface area contributed by atoms with Crippen LogP contribution in [0.15, 0.2) is 0 Å². The maximum absolute atomic E-state index is 11.1. The molecule has 0 saturated heterocycles. The van der Waals surface area contributed by atoms with E-state index in [1.807, 2.05) is 0 Å². The largest absolute Gasteiger partial charge is 0.396 e. The van der Waals surface area contributed by atoms with Crippen molar-refractivity contribution in [2.75, 3.05) is 27.2 Å². The van der Waals surface area contributed by atoms with Crippen LogP contribution in [0.2, 0.25) is 0 Å². The Hall–Kier alpha value is -0.170. The van der Waals surface area contributed by atoms with E-state index in [0.29, 0.717) is 6.54 Å². The number of aliphatic hydroxyl groups is 1. The molecule has 0 radical (unpaired) electrons. The van der Waals surface area contributed by atoms with Gasteiger partial charge in [-0.05, 0) is 19.3 Å². The second kappa shape index (κ2) is 6.31. The van der Waals surface area contributed by atoms with Crippen molar-refractivity contribution in [1.82, 2.24) is 9.03 Å². The molecule has 6 heteroatoms. The highest BCUT2D eigenvalue weighted by atomic mass is 32.2. The van der Waals surface area contributed by atoms with Gasteiger partial charge in [0.2, 0.25) is 0 Å². The van der Waals surface area contributed by atoms with E-state index in [4.69, 9.17) is 5.11 Å². The van der Waals surface area contributed by atoms with Crippen molar-refractivity contribution in [2.45, 2.75) is 19.3 Å². The Morgan fingerprint density at radius 2 is 1.85 bits per heavy atom. The first-order valence-electron chi connectivity index (χ1n) is 4.28. The lowest BCUT2D eigenvalue weighted by atomic mass is 10.2. The van der Waals surface area contributed by atoms with Gasteiger partial charge in [-0.3, -0.25) is 0 Å². The summed E-state index contributed by atoms with van der Waals surface area (Å²) < 4.78 is 25.8. The normalized spacial score (nSPS) is 12.3. The van der Waals surface area contributed by atoms with Crippen molar-refractivity contribution in [3.05, 3.63) is 0 Å². The number of hydrogen-bond acceptors (Lipinski definition) is 3. The fourth-order valence-corrected chi connectivity index (χ4v) is 1.40. The van der Waals surface area contributed by atoms with Gasteiger partial charge >= 0.3 is 0 Å². The van der Waals surface area contributed by atoms with Gasteiger partial charge in [-0.2, -0.15) is 12.7 Å². The predicted molar refractivity (Wildman–Crippen MR) is 51.5 cm³/mol. The third-order valence-electron chi connectivity index (χ3n) is 1.60. The van der Waals surface area contributed by atoms with Crippen LogP contribution in [0.4, 0.5) is 0 Å². The molecule has 0 heterocycles. The van der Waals surface area contributed by atoms with Gasteiger partial charge in [0.25, 0.3) is 10.2 Å². The Morgan fingerprint density at radius 1 is 1.23 bits per heavy atom. The number of nitrogens with zero attached hydrogens (tertiary/aromatic N) is 1. The molecule has 2 N–H and O–H groups in total. The molecule has 0 aromatic carbocycles. The summed E-state index contributed by atoms with van der Waals surface area (Å²) in [6, 6.07) is 0. The van der Waals surface area contributed by atoms with Crippen molar-refractivity contribution in [1.29, 1.82) is 0 Å². The van der Waals surface area contributed by atoms with Crippen LogP contribution in [0.5, 0.6) is 0 Å². The van der Waals surface area contributed by atoms with Crippen molar-refractivity contribution < 1.29 is 13.5 Å². The van der Waals surface area contributed by atoms with Crippen LogP contribution in [0.25, 0.3) is 0 Å². The predicted octanol–water partition coefficient (Wildman–Crippen LogP) is -0.455. The smallest absolute Gasteiger partial charge is 0.278 e. The first-order valence-corrected chi connectivity index (χ1v) is 5.72. The van der Waals surface area contributed by atoms with E-state index in [9.17, 15) is 8.42 Å². The van der Waals surface area contributed by atoms with Gasteiger partial charge < -0.3 is 5.11 Å². The molecule has 0 spiro atoms. The lowest BCUT2D eigenvalue weighted by Gasteiger charge is -2.11. The summed E-state index contributed by atoms with van der Waals surface area (Å²) in [5.41, 5.74) is 0. The molecule has 13 heavy (non-hydrogen) atoms. The zero-order chi connectivity index (χ0) is 10.3.